The Kier molecular flexibility index (Phi) is 2.20. The highest BCUT2D eigenvalue weighted by Gasteiger charge is 2.30. The Hall–Kier alpha value is -0.700. The van der Waals surface area contributed by atoms with Crippen molar-refractivity contribution < 1.29 is 9.18 Å². The summed E-state index contributed by atoms with van der Waals surface area (Å²) in [5.74, 6) is -0.140. The number of halogens is 2. The third-order valence-electron chi connectivity index (χ3n) is 2.15. The van der Waals surface area contributed by atoms with E-state index in [1.807, 2.05) is 0 Å². The van der Waals surface area contributed by atoms with Gasteiger partial charge in [-0.1, -0.05) is 6.07 Å². The Morgan fingerprint density at radius 2 is 2.15 bits per heavy atom. The smallest absolute Gasteiger partial charge is 0.166 e. The van der Waals surface area contributed by atoms with Gasteiger partial charge in [-0.05, 0) is 40.9 Å². The number of benzene rings is 1. The Morgan fingerprint density at radius 3 is 2.69 bits per heavy atom. The predicted octanol–water partition coefficient (Wildman–Crippen LogP) is 3.18. The molecule has 1 fully saturated rings. The minimum Gasteiger partial charge on any atom is -0.294 e. The maximum Gasteiger partial charge on any atom is 0.166 e. The van der Waals surface area contributed by atoms with Gasteiger partial charge in [-0.15, -0.1) is 0 Å². The van der Waals surface area contributed by atoms with Crippen molar-refractivity contribution >= 4 is 21.7 Å². The lowest BCUT2D eigenvalue weighted by Crippen LogP contribution is -2.01. The second-order valence-electron chi connectivity index (χ2n) is 3.27. The lowest BCUT2D eigenvalue weighted by molar-refractivity contribution is 0.0967. The van der Waals surface area contributed by atoms with E-state index in [0.29, 0.717) is 10.0 Å². The zero-order valence-electron chi connectivity index (χ0n) is 6.89. The van der Waals surface area contributed by atoms with Crippen molar-refractivity contribution in [1.82, 2.24) is 0 Å². The number of hydrogen-bond donors (Lipinski definition) is 0. The Morgan fingerprint density at radius 1 is 1.46 bits per heavy atom. The molecule has 13 heavy (non-hydrogen) atoms. The van der Waals surface area contributed by atoms with Gasteiger partial charge < -0.3 is 0 Å². The third kappa shape index (κ3) is 1.80. The van der Waals surface area contributed by atoms with Crippen molar-refractivity contribution in [3.63, 3.8) is 0 Å². The summed E-state index contributed by atoms with van der Waals surface area (Å²) in [6.45, 7) is 0. The molecule has 0 heterocycles. The molecule has 1 aromatic carbocycles. The van der Waals surface area contributed by atoms with Crippen LogP contribution in [0, 0.1) is 11.7 Å². The van der Waals surface area contributed by atoms with Crippen molar-refractivity contribution in [2.75, 3.05) is 0 Å². The van der Waals surface area contributed by atoms with Crippen LogP contribution in [0.2, 0.25) is 0 Å². The molecule has 1 aromatic rings. The average Bonchev–Trinajstić information content (AvgIpc) is 2.91. The molecule has 1 aliphatic carbocycles. The minimum absolute atomic E-state index is 0.0754. The number of carbonyl (C=O) groups is 1. The largest absolute Gasteiger partial charge is 0.294 e. The molecule has 0 N–H and O–H groups in total. The quantitative estimate of drug-likeness (QED) is 0.729. The van der Waals surface area contributed by atoms with Gasteiger partial charge in [0.25, 0.3) is 0 Å². The summed E-state index contributed by atoms with van der Waals surface area (Å²) in [5.41, 5.74) is 0.489. The van der Waals surface area contributed by atoms with Crippen molar-refractivity contribution in [3.8, 4) is 0 Å². The molecular weight excluding hydrogens is 235 g/mol. The maximum atomic E-state index is 13.0. The maximum absolute atomic E-state index is 13.0. The molecule has 0 spiro atoms. The van der Waals surface area contributed by atoms with Gasteiger partial charge in [0.2, 0.25) is 0 Å². The van der Waals surface area contributed by atoms with Crippen LogP contribution >= 0.6 is 15.9 Å². The lowest BCUT2D eigenvalue weighted by atomic mass is 10.1. The van der Waals surface area contributed by atoms with Crippen LogP contribution in [0.3, 0.4) is 0 Å². The van der Waals surface area contributed by atoms with Crippen molar-refractivity contribution in [2.24, 2.45) is 5.92 Å². The van der Waals surface area contributed by atoms with Crippen LogP contribution in [0.25, 0.3) is 0 Å². The number of carbonyl (C=O) groups excluding carboxylic acids is 1. The molecule has 0 radical (unpaired) electrons. The predicted molar refractivity (Wildman–Crippen MR) is 51.2 cm³/mol. The van der Waals surface area contributed by atoms with Gasteiger partial charge >= 0.3 is 0 Å². The van der Waals surface area contributed by atoms with Gasteiger partial charge in [0.1, 0.15) is 5.82 Å². The molecule has 0 saturated heterocycles. The van der Waals surface area contributed by atoms with E-state index in [1.54, 1.807) is 12.1 Å². The van der Waals surface area contributed by atoms with Crippen molar-refractivity contribution in [1.29, 1.82) is 0 Å². The van der Waals surface area contributed by atoms with Gasteiger partial charge in [-0.2, -0.15) is 0 Å². The first-order valence-electron chi connectivity index (χ1n) is 4.18. The van der Waals surface area contributed by atoms with E-state index in [2.05, 4.69) is 15.9 Å². The molecule has 1 saturated carbocycles. The third-order valence-corrected chi connectivity index (χ3v) is 2.80. The number of ketones is 1. The molecule has 1 nitrogen and oxygen atoms in total. The highest BCUT2D eigenvalue weighted by Crippen LogP contribution is 2.33. The van der Waals surface area contributed by atoms with Crippen molar-refractivity contribution in [2.45, 2.75) is 12.8 Å². The van der Waals surface area contributed by atoms with E-state index < -0.39 is 0 Å². The summed E-state index contributed by atoms with van der Waals surface area (Å²) in [6, 6.07) is 4.53. The summed E-state index contributed by atoms with van der Waals surface area (Å²) in [6.07, 6.45) is 1.91. The Labute approximate surface area is 84.1 Å². The van der Waals surface area contributed by atoms with E-state index in [0.717, 1.165) is 12.8 Å². The number of rotatable bonds is 2. The Balaban J connectivity index is 2.30. The van der Waals surface area contributed by atoms with Crippen LogP contribution in [0.1, 0.15) is 23.2 Å². The van der Waals surface area contributed by atoms with Gasteiger partial charge in [0.15, 0.2) is 5.78 Å². The fraction of sp³-hybridized carbons (Fsp3) is 0.300. The molecule has 0 aliphatic heterocycles. The molecule has 0 atom stereocenters. The molecule has 0 amide bonds. The highest BCUT2D eigenvalue weighted by atomic mass is 79.9. The molecule has 1 aliphatic rings. The fourth-order valence-electron chi connectivity index (χ4n) is 1.23. The first-order chi connectivity index (χ1) is 6.18. The normalized spacial score (nSPS) is 15.8. The standard InChI is InChI=1S/C10H8BrFO/c11-8-4-3-7(5-9(8)12)10(13)6-1-2-6/h3-6H,1-2H2. The van der Waals surface area contributed by atoms with Crippen LogP contribution < -0.4 is 0 Å². The molecule has 2 rings (SSSR count). The second-order valence-corrected chi connectivity index (χ2v) is 4.12. The van der Waals surface area contributed by atoms with Gasteiger partial charge in [-0.3, -0.25) is 4.79 Å². The summed E-state index contributed by atoms with van der Waals surface area (Å²) in [5, 5.41) is 0. The van der Waals surface area contributed by atoms with Gasteiger partial charge in [0.05, 0.1) is 4.47 Å². The minimum atomic E-state index is -0.369. The van der Waals surface area contributed by atoms with E-state index in [4.69, 9.17) is 0 Å². The van der Waals surface area contributed by atoms with Crippen LogP contribution in [-0.4, -0.2) is 5.78 Å². The Bertz CT molecular complexity index is 358. The summed E-state index contributed by atoms with van der Waals surface area (Å²) in [4.78, 5) is 11.5. The average molecular weight is 243 g/mol. The van der Waals surface area contributed by atoms with E-state index in [1.165, 1.54) is 6.07 Å². The molecular formula is C10H8BrFO. The van der Waals surface area contributed by atoms with Gasteiger partial charge in [0, 0.05) is 11.5 Å². The monoisotopic (exact) mass is 242 g/mol. The second kappa shape index (κ2) is 3.22. The zero-order valence-corrected chi connectivity index (χ0v) is 8.47. The molecule has 68 valence electrons. The van der Waals surface area contributed by atoms with Crippen LogP contribution in [0.4, 0.5) is 4.39 Å². The summed E-state index contributed by atoms with van der Waals surface area (Å²) < 4.78 is 13.4. The highest BCUT2D eigenvalue weighted by molar-refractivity contribution is 9.10. The topological polar surface area (TPSA) is 17.1 Å². The molecule has 0 unspecified atom stereocenters. The summed E-state index contributed by atoms with van der Waals surface area (Å²) in [7, 11) is 0. The molecule has 3 heteroatoms. The van der Waals surface area contributed by atoms with Crippen LogP contribution in [0.5, 0.6) is 0 Å². The first kappa shape index (κ1) is 8.88. The number of Topliss-reactive ketones (excluding diaryl/α,β-unsaturated/α-hetero) is 1. The van der Waals surface area contributed by atoms with Crippen molar-refractivity contribution in [3.05, 3.63) is 34.1 Å². The van der Waals surface area contributed by atoms with Crippen LogP contribution in [0.15, 0.2) is 22.7 Å². The lowest BCUT2D eigenvalue weighted by Gasteiger charge is -1.99. The number of hydrogen-bond acceptors (Lipinski definition) is 1. The SMILES string of the molecule is O=C(c1ccc(Br)c(F)c1)C1CC1. The van der Waals surface area contributed by atoms with E-state index in [9.17, 15) is 9.18 Å². The zero-order chi connectivity index (χ0) is 9.42. The van der Waals surface area contributed by atoms with Crippen LogP contribution in [-0.2, 0) is 0 Å². The molecule has 0 bridgehead atoms. The summed E-state index contributed by atoms with van der Waals surface area (Å²) >= 11 is 3.04. The first-order valence-corrected chi connectivity index (χ1v) is 4.97. The van der Waals surface area contributed by atoms with E-state index in [-0.39, 0.29) is 17.5 Å². The van der Waals surface area contributed by atoms with Gasteiger partial charge in [-0.25, -0.2) is 4.39 Å². The molecule has 0 aromatic heterocycles. The van der Waals surface area contributed by atoms with E-state index >= 15 is 0 Å². The fourth-order valence-corrected chi connectivity index (χ4v) is 1.48.